The molecule has 0 radical (unpaired) electrons. The third-order valence-electron chi connectivity index (χ3n) is 6.05. The molecule has 0 unspecified atom stereocenters. The molecule has 1 aromatic carbocycles. The highest BCUT2D eigenvalue weighted by Crippen LogP contribution is 2.34. The van der Waals surface area contributed by atoms with Gasteiger partial charge in [-0.2, -0.15) is 0 Å². The van der Waals surface area contributed by atoms with E-state index in [2.05, 4.69) is 53.6 Å². The lowest BCUT2D eigenvalue weighted by atomic mass is 9.99. The predicted octanol–water partition coefficient (Wildman–Crippen LogP) is 4.87. The van der Waals surface area contributed by atoms with E-state index in [1.807, 2.05) is 6.20 Å². The fraction of sp³-hybridized carbons (Fsp3) is 0.348. The summed E-state index contributed by atoms with van der Waals surface area (Å²) in [6.07, 6.45) is 6.87. The van der Waals surface area contributed by atoms with E-state index in [-0.39, 0.29) is 18.7 Å². The Balaban J connectivity index is 0.00000205. The molecule has 0 aliphatic carbocycles. The Bertz CT molecular complexity index is 1050. The number of benzene rings is 1. The maximum Gasteiger partial charge on any atom is 0.241 e. The number of nitrogens with zero attached hydrogens (tertiary/aromatic N) is 3. The van der Waals surface area contributed by atoms with Gasteiger partial charge in [-0.3, -0.25) is 4.98 Å². The van der Waals surface area contributed by atoms with E-state index in [4.69, 9.17) is 14.5 Å². The van der Waals surface area contributed by atoms with Crippen LogP contribution in [0.15, 0.2) is 49.1 Å². The van der Waals surface area contributed by atoms with E-state index >= 15 is 0 Å². The average Bonchev–Trinajstić information content (AvgIpc) is 3.34. The maximum absolute atomic E-state index is 5.48. The molecule has 0 bridgehead atoms. The summed E-state index contributed by atoms with van der Waals surface area (Å²) in [6.45, 7) is 7.16. The molecule has 0 spiro atoms. The number of aromatic nitrogens is 2. The Labute approximate surface area is 177 Å². The van der Waals surface area contributed by atoms with Gasteiger partial charge >= 0.3 is 0 Å². The zero-order chi connectivity index (χ0) is 19.1. The average molecular weight is 412 g/mol. The van der Waals surface area contributed by atoms with Crippen molar-refractivity contribution in [1.82, 2.24) is 9.55 Å². The van der Waals surface area contributed by atoms with Gasteiger partial charge in [0, 0.05) is 37.9 Å². The highest BCUT2D eigenvalue weighted by molar-refractivity contribution is 5.92. The van der Waals surface area contributed by atoms with Crippen molar-refractivity contribution in [2.45, 2.75) is 46.1 Å². The van der Waals surface area contributed by atoms with Crippen molar-refractivity contribution in [2.75, 3.05) is 11.4 Å². The molecule has 2 aliphatic heterocycles. The highest BCUT2D eigenvalue weighted by Gasteiger charge is 2.23. The number of halogens is 1. The first-order chi connectivity index (χ1) is 13.7. The smallest absolute Gasteiger partial charge is 0.241 e. The third kappa shape index (κ3) is 3.44. The number of hydrogen-bond donors (Lipinski definition) is 0. The SMILES string of the molecule is Cc1c(C)n(CCC2OC=CO2)c2c(N3CCc4ccccc4C3)ccnc12.Cl. The fourth-order valence-corrected chi connectivity index (χ4v) is 4.40. The molecule has 0 saturated heterocycles. The van der Waals surface area contributed by atoms with Crippen LogP contribution in [-0.2, 0) is 29.0 Å². The first-order valence-electron chi connectivity index (χ1n) is 9.94. The highest BCUT2D eigenvalue weighted by atomic mass is 35.5. The van der Waals surface area contributed by atoms with E-state index < -0.39 is 0 Å². The van der Waals surface area contributed by atoms with Gasteiger partial charge in [-0.1, -0.05) is 24.3 Å². The van der Waals surface area contributed by atoms with Crippen LogP contribution < -0.4 is 4.90 Å². The molecule has 5 nitrogen and oxygen atoms in total. The van der Waals surface area contributed by atoms with Crippen molar-refractivity contribution >= 4 is 29.1 Å². The van der Waals surface area contributed by atoms with Crippen LogP contribution in [-0.4, -0.2) is 22.4 Å². The Kier molecular flexibility index (Phi) is 5.41. The van der Waals surface area contributed by atoms with Gasteiger partial charge in [-0.15, -0.1) is 12.4 Å². The van der Waals surface area contributed by atoms with E-state index in [1.54, 1.807) is 12.5 Å². The van der Waals surface area contributed by atoms with Gasteiger partial charge in [-0.05, 0) is 43.0 Å². The molecule has 6 heteroatoms. The number of ether oxygens (including phenoxy) is 2. The van der Waals surface area contributed by atoms with Gasteiger partial charge in [0.05, 0.1) is 16.7 Å². The zero-order valence-electron chi connectivity index (χ0n) is 16.8. The predicted molar refractivity (Wildman–Crippen MR) is 117 cm³/mol. The molecule has 29 heavy (non-hydrogen) atoms. The van der Waals surface area contributed by atoms with E-state index in [0.29, 0.717) is 0 Å². The summed E-state index contributed by atoms with van der Waals surface area (Å²) in [7, 11) is 0. The summed E-state index contributed by atoms with van der Waals surface area (Å²) >= 11 is 0. The Morgan fingerprint density at radius 1 is 1.07 bits per heavy atom. The molecular weight excluding hydrogens is 386 g/mol. The lowest BCUT2D eigenvalue weighted by molar-refractivity contribution is -0.0305. The minimum atomic E-state index is -0.195. The third-order valence-corrected chi connectivity index (χ3v) is 6.05. The quantitative estimate of drug-likeness (QED) is 0.613. The first kappa shape index (κ1) is 19.6. The van der Waals surface area contributed by atoms with Crippen molar-refractivity contribution in [3.63, 3.8) is 0 Å². The summed E-state index contributed by atoms with van der Waals surface area (Å²) < 4.78 is 13.3. The topological polar surface area (TPSA) is 39.5 Å². The molecule has 0 saturated carbocycles. The summed E-state index contributed by atoms with van der Waals surface area (Å²) in [6, 6.07) is 10.9. The Morgan fingerprint density at radius 2 is 1.83 bits per heavy atom. The Hall–Kier alpha value is -2.66. The summed E-state index contributed by atoms with van der Waals surface area (Å²) in [5.41, 5.74) is 8.99. The Morgan fingerprint density at radius 3 is 2.62 bits per heavy atom. The number of aryl methyl sites for hydroxylation is 2. The molecule has 5 rings (SSSR count). The minimum absolute atomic E-state index is 0. The second-order valence-corrected chi connectivity index (χ2v) is 7.59. The number of fused-ring (bicyclic) bond motifs is 2. The van der Waals surface area contributed by atoms with E-state index in [0.717, 1.165) is 38.0 Å². The van der Waals surface area contributed by atoms with Crippen molar-refractivity contribution in [2.24, 2.45) is 0 Å². The van der Waals surface area contributed by atoms with Gasteiger partial charge in [-0.25, -0.2) is 0 Å². The van der Waals surface area contributed by atoms with E-state index in [9.17, 15) is 0 Å². The van der Waals surface area contributed by atoms with Gasteiger partial charge in [0.2, 0.25) is 6.29 Å². The van der Waals surface area contributed by atoms with Crippen molar-refractivity contribution in [3.8, 4) is 0 Å². The van der Waals surface area contributed by atoms with Crippen LogP contribution in [0.4, 0.5) is 5.69 Å². The van der Waals surface area contributed by atoms with Crippen LogP contribution in [0.3, 0.4) is 0 Å². The summed E-state index contributed by atoms with van der Waals surface area (Å²) in [4.78, 5) is 7.21. The molecule has 0 fully saturated rings. The largest absolute Gasteiger partial charge is 0.459 e. The second-order valence-electron chi connectivity index (χ2n) is 7.59. The lowest BCUT2D eigenvalue weighted by Gasteiger charge is -2.31. The minimum Gasteiger partial charge on any atom is -0.459 e. The van der Waals surface area contributed by atoms with Crippen LogP contribution >= 0.6 is 12.4 Å². The standard InChI is InChI=1S/C23H25N3O2.ClH/c1-16-17(2)26(12-9-21-27-13-14-28-21)23-20(7-10-24-22(16)23)25-11-8-18-5-3-4-6-19(18)15-25;/h3-7,10,13-14,21H,8-9,11-12,15H2,1-2H3;1H. The van der Waals surface area contributed by atoms with Crippen molar-refractivity contribution in [1.29, 1.82) is 0 Å². The number of anilines is 1. The number of pyridine rings is 1. The molecule has 152 valence electrons. The number of rotatable bonds is 4. The van der Waals surface area contributed by atoms with Crippen LogP contribution in [0, 0.1) is 13.8 Å². The molecule has 0 N–H and O–H groups in total. The molecule has 0 atom stereocenters. The molecule has 0 amide bonds. The van der Waals surface area contributed by atoms with Gasteiger partial charge < -0.3 is 18.9 Å². The maximum atomic E-state index is 5.48. The van der Waals surface area contributed by atoms with Gasteiger partial charge in [0.25, 0.3) is 0 Å². The molecular formula is C23H26ClN3O2. The summed E-state index contributed by atoms with van der Waals surface area (Å²) in [5.74, 6) is 0. The summed E-state index contributed by atoms with van der Waals surface area (Å²) in [5, 5.41) is 0. The molecule has 2 aromatic heterocycles. The van der Waals surface area contributed by atoms with Crippen LogP contribution in [0.25, 0.3) is 11.0 Å². The van der Waals surface area contributed by atoms with Crippen LogP contribution in [0.2, 0.25) is 0 Å². The molecule has 2 aliphatic rings. The van der Waals surface area contributed by atoms with Gasteiger partial charge in [0.1, 0.15) is 12.5 Å². The van der Waals surface area contributed by atoms with Crippen LogP contribution in [0.5, 0.6) is 0 Å². The van der Waals surface area contributed by atoms with Crippen LogP contribution in [0.1, 0.15) is 28.8 Å². The van der Waals surface area contributed by atoms with Crippen molar-refractivity contribution in [3.05, 3.63) is 71.4 Å². The number of hydrogen-bond acceptors (Lipinski definition) is 4. The van der Waals surface area contributed by atoms with Gasteiger partial charge in [0.15, 0.2) is 0 Å². The zero-order valence-corrected chi connectivity index (χ0v) is 17.6. The normalized spacial score (nSPS) is 15.7. The fourth-order valence-electron chi connectivity index (χ4n) is 4.40. The van der Waals surface area contributed by atoms with E-state index in [1.165, 1.54) is 33.6 Å². The second kappa shape index (κ2) is 7.99. The first-order valence-corrected chi connectivity index (χ1v) is 9.94. The molecule has 4 heterocycles. The van der Waals surface area contributed by atoms with Crippen molar-refractivity contribution < 1.29 is 9.47 Å². The monoisotopic (exact) mass is 411 g/mol. The lowest BCUT2D eigenvalue weighted by Crippen LogP contribution is -2.30. The molecule has 3 aromatic rings.